The molecule has 140 valence electrons. The number of amides is 1. The number of carbonyl (C=O) groups excluding carboxylic acids is 1. The van der Waals surface area contributed by atoms with E-state index in [0.717, 1.165) is 21.9 Å². The Hall–Kier alpha value is -2.66. The van der Waals surface area contributed by atoms with Crippen LogP contribution in [0, 0.1) is 13.8 Å². The Balaban J connectivity index is 1.74. The first-order valence-electron chi connectivity index (χ1n) is 8.84. The molecule has 1 N–H and O–H groups in total. The number of hydrogen-bond acceptors (Lipinski definition) is 3. The zero-order valence-electron chi connectivity index (χ0n) is 15.7. The fourth-order valence-corrected chi connectivity index (χ4v) is 4.17. The van der Waals surface area contributed by atoms with Gasteiger partial charge in [0.2, 0.25) is 15.9 Å². The van der Waals surface area contributed by atoms with Crippen LogP contribution in [0.2, 0.25) is 0 Å². The molecule has 0 heterocycles. The monoisotopic (exact) mass is 381 g/mol. The van der Waals surface area contributed by atoms with Crippen LogP contribution in [-0.4, -0.2) is 14.3 Å². The first kappa shape index (κ1) is 19.1. The number of rotatable bonds is 5. The maximum atomic E-state index is 12.5. The number of sulfonamides is 1. The summed E-state index contributed by atoms with van der Waals surface area (Å²) in [5.41, 5.74) is 3.66. The number of fused-ring (bicyclic) bond motifs is 1. The SMILES string of the molecule is Cc1ccc(CS(=O)(=O)NC(=O)C(C)c2ccc3cc(C)ccc3c2)cc1. The van der Waals surface area contributed by atoms with Crippen molar-refractivity contribution in [3.63, 3.8) is 0 Å². The van der Waals surface area contributed by atoms with E-state index in [9.17, 15) is 13.2 Å². The Bertz CT molecular complexity index is 1090. The van der Waals surface area contributed by atoms with Gasteiger partial charge in [0.05, 0.1) is 11.7 Å². The molecule has 0 fully saturated rings. The first-order valence-corrected chi connectivity index (χ1v) is 10.5. The topological polar surface area (TPSA) is 63.2 Å². The van der Waals surface area contributed by atoms with Gasteiger partial charge in [-0.25, -0.2) is 8.42 Å². The lowest BCUT2D eigenvalue weighted by Crippen LogP contribution is -2.34. The number of aryl methyl sites for hydroxylation is 2. The second-order valence-corrected chi connectivity index (χ2v) is 8.77. The smallest absolute Gasteiger partial charge is 0.240 e. The summed E-state index contributed by atoms with van der Waals surface area (Å²) < 4.78 is 26.9. The van der Waals surface area contributed by atoms with Crippen LogP contribution in [0.4, 0.5) is 0 Å². The zero-order chi connectivity index (χ0) is 19.6. The maximum Gasteiger partial charge on any atom is 0.240 e. The molecular formula is C22H23NO3S. The van der Waals surface area contributed by atoms with Crippen molar-refractivity contribution in [2.45, 2.75) is 32.4 Å². The summed E-state index contributed by atoms with van der Waals surface area (Å²) >= 11 is 0. The Labute approximate surface area is 160 Å². The van der Waals surface area contributed by atoms with Crippen molar-refractivity contribution in [3.8, 4) is 0 Å². The number of nitrogens with one attached hydrogen (secondary N) is 1. The van der Waals surface area contributed by atoms with E-state index >= 15 is 0 Å². The highest BCUT2D eigenvalue weighted by Crippen LogP contribution is 2.23. The van der Waals surface area contributed by atoms with Crippen molar-refractivity contribution in [3.05, 3.63) is 82.9 Å². The highest BCUT2D eigenvalue weighted by molar-refractivity contribution is 7.89. The van der Waals surface area contributed by atoms with Crippen molar-refractivity contribution in [1.29, 1.82) is 0 Å². The second kappa shape index (κ2) is 7.53. The molecule has 4 nitrogen and oxygen atoms in total. The minimum absolute atomic E-state index is 0.220. The van der Waals surface area contributed by atoms with Gasteiger partial charge < -0.3 is 0 Å². The van der Waals surface area contributed by atoms with Gasteiger partial charge in [-0.2, -0.15) is 0 Å². The van der Waals surface area contributed by atoms with Crippen molar-refractivity contribution in [1.82, 2.24) is 4.72 Å². The molecule has 0 aliphatic carbocycles. The van der Waals surface area contributed by atoms with Gasteiger partial charge in [-0.3, -0.25) is 9.52 Å². The molecule has 1 unspecified atom stereocenters. The predicted octanol–water partition coefficient (Wildman–Crippen LogP) is 4.21. The summed E-state index contributed by atoms with van der Waals surface area (Å²) in [5, 5.41) is 2.12. The third-order valence-electron chi connectivity index (χ3n) is 4.65. The van der Waals surface area contributed by atoms with Crippen molar-refractivity contribution in [2.24, 2.45) is 0 Å². The summed E-state index contributed by atoms with van der Waals surface area (Å²) in [7, 11) is -3.75. The van der Waals surface area contributed by atoms with E-state index in [1.807, 2.05) is 56.3 Å². The molecule has 3 aromatic carbocycles. The van der Waals surface area contributed by atoms with Crippen molar-refractivity contribution < 1.29 is 13.2 Å². The van der Waals surface area contributed by atoms with Crippen LogP contribution in [0.15, 0.2) is 60.7 Å². The van der Waals surface area contributed by atoms with Crippen LogP contribution in [-0.2, 0) is 20.6 Å². The summed E-state index contributed by atoms with van der Waals surface area (Å²) in [5.74, 6) is -1.31. The van der Waals surface area contributed by atoms with Crippen LogP contribution in [0.5, 0.6) is 0 Å². The molecule has 0 saturated heterocycles. The minimum atomic E-state index is -3.75. The highest BCUT2D eigenvalue weighted by atomic mass is 32.2. The van der Waals surface area contributed by atoms with Gasteiger partial charge >= 0.3 is 0 Å². The summed E-state index contributed by atoms with van der Waals surface area (Å²) in [4.78, 5) is 12.5. The lowest BCUT2D eigenvalue weighted by atomic mass is 9.97. The molecular weight excluding hydrogens is 358 g/mol. The molecule has 0 aliphatic rings. The van der Waals surface area contributed by atoms with Gasteiger partial charge in [0.25, 0.3) is 0 Å². The molecule has 1 amide bonds. The summed E-state index contributed by atoms with van der Waals surface area (Å²) in [6.07, 6.45) is 0. The van der Waals surface area contributed by atoms with E-state index in [1.54, 1.807) is 19.1 Å². The fraction of sp³-hybridized carbons (Fsp3) is 0.227. The molecule has 3 aromatic rings. The second-order valence-electron chi connectivity index (χ2n) is 7.04. The quantitative estimate of drug-likeness (QED) is 0.720. The van der Waals surface area contributed by atoms with E-state index < -0.39 is 21.8 Å². The number of carbonyl (C=O) groups is 1. The molecule has 3 rings (SSSR count). The first-order chi connectivity index (χ1) is 12.7. The molecule has 27 heavy (non-hydrogen) atoms. The van der Waals surface area contributed by atoms with Gasteiger partial charge in [-0.05, 0) is 42.7 Å². The van der Waals surface area contributed by atoms with E-state index in [2.05, 4.69) is 10.8 Å². The zero-order valence-corrected chi connectivity index (χ0v) is 16.5. The Morgan fingerprint density at radius 1 is 0.889 bits per heavy atom. The normalized spacial score (nSPS) is 12.7. The fourth-order valence-electron chi connectivity index (χ4n) is 2.99. The Morgan fingerprint density at radius 2 is 1.48 bits per heavy atom. The van der Waals surface area contributed by atoms with E-state index in [0.29, 0.717) is 5.56 Å². The molecule has 0 bridgehead atoms. The van der Waals surface area contributed by atoms with Gasteiger partial charge in [0.1, 0.15) is 0 Å². The van der Waals surface area contributed by atoms with Gasteiger partial charge in [0.15, 0.2) is 0 Å². The van der Waals surface area contributed by atoms with Crippen LogP contribution >= 0.6 is 0 Å². The Morgan fingerprint density at radius 3 is 2.19 bits per heavy atom. The molecule has 0 saturated carbocycles. The average molecular weight is 381 g/mol. The molecule has 5 heteroatoms. The number of hydrogen-bond donors (Lipinski definition) is 1. The standard InChI is InChI=1S/C22H23NO3S/c1-15-4-7-18(8-5-15)14-27(25,26)23-22(24)17(3)19-10-11-20-12-16(2)6-9-21(20)13-19/h4-13,17H,14H2,1-3H3,(H,23,24). The number of benzene rings is 3. The van der Waals surface area contributed by atoms with E-state index in [-0.39, 0.29) is 5.75 Å². The average Bonchev–Trinajstić information content (AvgIpc) is 2.62. The predicted molar refractivity (Wildman–Crippen MR) is 109 cm³/mol. The summed E-state index contributed by atoms with van der Waals surface area (Å²) in [6, 6.07) is 19.1. The lowest BCUT2D eigenvalue weighted by Gasteiger charge is -2.14. The third kappa shape index (κ3) is 4.74. The van der Waals surface area contributed by atoms with Gasteiger partial charge in [0, 0.05) is 0 Å². The largest absolute Gasteiger partial charge is 0.273 e. The van der Waals surface area contributed by atoms with E-state index in [1.165, 1.54) is 5.56 Å². The lowest BCUT2D eigenvalue weighted by molar-refractivity contribution is -0.120. The maximum absolute atomic E-state index is 12.5. The van der Waals surface area contributed by atoms with Crippen LogP contribution in [0.1, 0.15) is 35.1 Å². The van der Waals surface area contributed by atoms with Gasteiger partial charge in [-0.1, -0.05) is 71.8 Å². The van der Waals surface area contributed by atoms with Crippen molar-refractivity contribution in [2.75, 3.05) is 0 Å². The van der Waals surface area contributed by atoms with Gasteiger partial charge in [-0.15, -0.1) is 0 Å². The molecule has 0 radical (unpaired) electrons. The molecule has 0 aliphatic heterocycles. The minimum Gasteiger partial charge on any atom is -0.273 e. The van der Waals surface area contributed by atoms with Crippen LogP contribution in [0.25, 0.3) is 10.8 Å². The Kier molecular flexibility index (Phi) is 5.33. The highest BCUT2D eigenvalue weighted by Gasteiger charge is 2.21. The van der Waals surface area contributed by atoms with Crippen LogP contribution < -0.4 is 4.72 Å². The molecule has 0 spiro atoms. The van der Waals surface area contributed by atoms with Crippen molar-refractivity contribution >= 4 is 26.7 Å². The van der Waals surface area contributed by atoms with E-state index in [4.69, 9.17) is 0 Å². The third-order valence-corrected chi connectivity index (χ3v) is 5.87. The molecule has 0 aromatic heterocycles. The summed E-state index contributed by atoms with van der Waals surface area (Å²) in [6.45, 7) is 5.68. The van der Waals surface area contributed by atoms with Crippen LogP contribution in [0.3, 0.4) is 0 Å². The molecule has 1 atom stereocenters.